The first-order valence-corrected chi connectivity index (χ1v) is 33.7. The third kappa shape index (κ3) is 12.7. The van der Waals surface area contributed by atoms with Crippen molar-refractivity contribution in [2.24, 2.45) is 39.4 Å². The summed E-state index contributed by atoms with van der Waals surface area (Å²) in [6.07, 6.45) is -41.1. The molecule has 0 aromatic rings. The molecule has 0 aromatic carbocycles. The highest BCUT2D eigenvalue weighted by molar-refractivity contribution is 5.99. The van der Waals surface area contributed by atoms with Gasteiger partial charge in [0.1, 0.15) is 140 Å². The number of fused-ring (bicyclic) bond motifs is 4. The molecule has 548 valence electrons. The predicted octanol–water partition coefficient (Wildman–Crippen LogP) is -3.92. The lowest BCUT2D eigenvalue weighted by atomic mass is 9.41. The van der Waals surface area contributed by atoms with Gasteiger partial charge in [-0.3, -0.25) is 9.59 Å². The Kier molecular flexibility index (Phi) is 22.3. The summed E-state index contributed by atoms with van der Waals surface area (Å²) in [6, 6.07) is 0. The van der Waals surface area contributed by atoms with Crippen LogP contribution >= 0.6 is 0 Å². The molecule has 7 aliphatic heterocycles. The minimum Gasteiger partial charge on any atom is -0.458 e. The van der Waals surface area contributed by atoms with Gasteiger partial charge in [0.15, 0.2) is 37.7 Å². The number of aliphatic hydroxyl groups is 15. The second-order valence-electron chi connectivity index (χ2n) is 30.0. The summed E-state index contributed by atoms with van der Waals surface area (Å²) in [7, 11) is 1.20. The smallest absolute Gasteiger partial charge is 0.314 e. The molecule has 7 heterocycles. The Hall–Kier alpha value is -2.50. The van der Waals surface area contributed by atoms with Gasteiger partial charge in [0.2, 0.25) is 0 Å². The zero-order valence-corrected chi connectivity index (χ0v) is 55.4. The lowest BCUT2D eigenvalue weighted by Gasteiger charge is -2.63. The quantitative estimate of drug-likeness (QED) is 0.0409. The molecule has 11 rings (SSSR count). The van der Waals surface area contributed by atoms with Crippen molar-refractivity contribution in [1.82, 2.24) is 0 Å². The van der Waals surface area contributed by atoms with Gasteiger partial charge in [-0.25, -0.2) is 0 Å². The largest absolute Gasteiger partial charge is 0.458 e. The fraction of sp³-hybridized carbons (Fsp3) is 0.908. The first-order chi connectivity index (χ1) is 45.3. The predicted molar refractivity (Wildman–Crippen MR) is 320 cm³/mol. The van der Waals surface area contributed by atoms with Crippen LogP contribution < -0.4 is 0 Å². The average Bonchev–Trinajstić information content (AvgIpc) is 1.47. The van der Waals surface area contributed by atoms with Crippen LogP contribution in [-0.2, 0) is 75.9 Å². The number of aliphatic hydroxyl groups excluding tert-OH is 15. The number of methoxy groups -OCH3 is 1. The lowest BCUT2D eigenvalue weighted by Crippen LogP contribution is -2.67. The van der Waals surface area contributed by atoms with Gasteiger partial charge < -0.3 is 143 Å². The van der Waals surface area contributed by atoms with Crippen LogP contribution in [0.15, 0.2) is 23.8 Å². The molecule has 15 N–H and O–H groups in total. The minimum atomic E-state index is -2.04. The maximum absolute atomic E-state index is 14.5. The summed E-state index contributed by atoms with van der Waals surface area (Å²) in [5, 5.41) is 166. The number of ether oxygens (including phenoxy) is 14. The molecule has 10 fully saturated rings. The fourth-order valence-electron chi connectivity index (χ4n) is 18.5. The molecular weight excluding hydrogens is 1280 g/mol. The van der Waals surface area contributed by atoms with Gasteiger partial charge in [-0.2, -0.15) is 0 Å². The van der Waals surface area contributed by atoms with Crippen molar-refractivity contribution >= 4 is 11.8 Å². The number of hydrogen-bond acceptors (Lipinski definition) is 31. The highest BCUT2D eigenvalue weighted by Gasteiger charge is 2.79. The summed E-state index contributed by atoms with van der Waals surface area (Å²) in [5.41, 5.74) is -1.67. The van der Waals surface area contributed by atoms with Crippen molar-refractivity contribution in [1.29, 1.82) is 0 Å². The van der Waals surface area contributed by atoms with Crippen LogP contribution in [0.2, 0.25) is 0 Å². The van der Waals surface area contributed by atoms with E-state index >= 15 is 0 Å². The van der Waals surface area contributed by atoms with Crippen LogP contribution in [0, 0.1) is 39.4 Å². The molecule has 4 aliphatic carbocycles. The molecule has 3 saturated carbocycles. The average molecular weight is 1380 g/mol. The van der Waals surface area contributed by atoms with E-state index in [1.165, 1.54) is 14.0 Å². The van der Waals surface area contributed by atoms with Crippen LogP contribution in [0.3, 0.4) is 0 Å². The van der Waals surface area contributed by atoms with Crippen LogP contribution in [0.5, 0.6) is 0 Å². The van der Waals surface area contributed by atoms with E-state index in [9.17, 15) is 86.2 Å². The summed E-state index contributed by atoms with van der Waals surface area (Å²) >= 11 is 0. The maximum atomic E-state index is 14.5. The third-order valence-electron chi connectivity index (χ3n) is 23.7. The summed E-state index contributed by atoms with van der Waals surface area (Å²) in [4.78, 5) is 29.0. The third-order valence-corrected chi connectivity index (χ3v) is 23.7. The number of allylic oxidation sites excluding steroid dienone is 3. The SMILES string of the molecule is C=C(C)CCC[C@]1(C)OC(=O)[C@]23CC[C@@H]4C(=CC[C@H]5C(C)(C)[C@@H](O[C@@H]6OC[C@@H](O[C@@H]7O[C@H](CO)[C@@H](O)[C@H](O[C@@H]8O[C@H](CO)[C@@H](O)[C@H](O)[C@H]8O)[C@H]7O)[C@H](O)[C@H]6O[C@@H]6O[C@H](C)[C@@H](O[C@@H]7OC[C@@H](O)[C@H](O[C@@H]8O[C@H](CO)[C@@H](O)[C@H](OC)[C@H]8O)[C@H]7O)[C@H](O)[C@H]6O)CC[C@]45C)[C@]2(C)CC(=O)[C@@H]31. The van der Waals surface area contributed by atoms with Gasteiger partial charge >= 0.3 is 5.97 Å². The number of ketones is 1. The first kappa shape index (κ1) is 74.7. The van der Waals surface area contributed by atoms with Gasteiger partial charge in [0.05, 0.1) is 56.6 Å². The molecule has 96 heavy (non-hydrogen) atoms. The van der Waals surface area contributed by atoms with Gasteiger partial charge in [-0.1, -0.05) is 44.9 Å². The second-order valence-corrected chi connectivity index (χ2v) is 30.0. The van der Waals surface area contributed by atoms with E-state index in [1.807, 2.05) is 13.8 Å². The van der Waals surface area contributed by atoms with E-state index in [0.29, 0.717) is 38.5 Å². The van der Waals surface area contributed by atoms with Crippen molar-refractivity contribution in [2.75, 3.05) is 40.1 Å². The molecular formula is C65H102O31. The molecule has 31 heteroatoms. The minimum absolute atomic E-state index is 0.0132. The van der Waals surface area contributed by atoms with Crippen molar-refractivity contribution in [3.8, 4) is 0 Å². The monoisotopic (exact) mass is 1380 g/mol. The molecule has 0 radical (unpaired) electrons. The zero-order chi connectivity index (χ0) is 69.8. The van der Waals surface area contributed by atoms with Crippen LogP contribution in [0.1, 0.15) is 106 Å². The van der Waals surface area contributed by atoms with Crippen molar-refractivity contribution < 1.29 is 153 Å². The Morgan fingerprint density at radius 1 is 0.583 bits per heavy atom. The maximum Gasteiger partial charge on any atom is 0.314 e. The molecule has 0 aromatic heterocycles. The number of hydrogen-bond donors (Lipinski definition) is 15. The number of rotatable bonds is 20. The Labute approximate surface area is 555 Å². The number of esters is 1. The number of carbonyl (C=O) groups excluding carboxylic acids is 2. The molecule has 1 spiro atoms. The summed E-state index contributed by atoms with van der Waals surface area (Å²) in [6.45, 7) is 14.4. The van der Waals surface area contributed by atoms with E-state index < -0.39 is 239 Å². The zero-order valence-electron chi connectivity index (χ0n) is 55.4. The van der Waals surface area contributed by atoms with Crippen LogP contribution in [-0.4, -0.2) is 312 Å². The van der Waals surface area contributed by atoms with Crippen molar-refractivity contribution in [2.45, 2.75) is 290 Å². The van der Waals surface area contributed by atoms with Gasteiger partial charge in [0, 0.05) is 18.9 Å². The van der Waals surface area contributed by atoms with Crippen molar-refractivity contribution in [3.63, 3.8) is 0 Å². The van der Waals surface area contributed by atoms with E-state index in [4.69, 9.17) is 66.3 Å². The van der Waals surface area contributed by atoms with E-state index in [-0.39, 0.29) is 35.4 Å². The second kappa shape index (κ2) is 28.6. The summed E-state index contributed by atoms with van der Waals surface area (Å²) < 4.78 is 84.1. The summed E-state index contributed by atoms with van der Waals surface area (Å²) in [5.74, 6) is -0.929. The van der Waals surface area contributed by atoms with Gasteiger partial charge in [-0.05, 0) is 94.8 Å². The number of cyclic esters (lactones) is 1. The Morgan fingerprint density at radius 3 is 1.78 bits per heavy atom. The van der Waals surface area contributed by atoms with Crippen LogP contribution in [0.25, 0.3) is 0 Å². The Morgan fingerprint density at radius 2 is 1.14 bits per heavy atom. The van der Waals surface area contributed by atoms with Crippen molar-refractivity contribution in [3.05, 3.63) is 23.8 Å². The molecule has 0 bridgehead atoms. The number of carbonyl (C=O) groups is 2. The molecule has 36 atom stereocenters. The fourth-order valence-corrected chi connectivity index (χ4v) is 18.5. The number of Topliss-reactive ketones (excluding diaryl/α,β-unsaturated/α-hetero) is 1. The Bertz CT molecular complexity index is 2760. The highest BCUT2D eigenvalue weighted by atomic mass is 16.8. The highest BCUT2D eigenvalue weighted by Crippen LogP contribution is 2.75. The molecule has 7 saturated heterocycles. The van der Waals surface area contributed by atoms with Gasteiger partial charge in [0.25, 0.3) is 0 Å². The van der Waals surface area contributed by atoms with Gasteiger partial charge in [-0.15, -0.1) is 6.58 Å². The molecule has 0 unspecified atom stereocenters. The molecule has 11 aliphatic rings. The molecule has 31 nitrogen and oxygen atoms in total. The normalized spacial score (nSPS) is 52.6. The topological polar surface area (TPSA) is 467 Å². The van der Waals surface area contributed by atoms with E-state index in [0.717, 1.165) is 24.0 Å². The first-order valence-electron chi connectivity index (χ1n) is 33.7. The van der Waals surface area contributed by atoms with E-state index in [2.05, 4.69) is 40.3 Å². The molecule has 0 amide bonds. The standard InChI is InChI=1S/C65H102O31/c1-25(2)11-10-16-64(8)53-29(69)19-63(7)28-12-13-35-61(4,5)36(15-17-62(35,6)27(28)14-18-65(53,63)60(82)96-64)91-59-52(40(74)34(24-85-59)90-57-47(81)51(39(73)33(22-68)88-57)94-56-43(77)41(75)37(71)31(20-66)87-56)95-55-44(78)42(76)48(26(3)86-55)92-54-45(79)49(30(70)23-84-54)93-58-46(80)50(83-9)38(72)32(21-67)89-58/h12,26-27,30-59,66-68,70-81H,1,10-11,13-24H2,2-9H3/t26-,27-,30-,31-,32-,33-,34-,35+,36+,37-,38-,39-,40+,41+,42-,43-,44-,45-,46-,47-,48-,49+,50+,51+,52-,53-,54+,55+,56+,57+,58+,59+,62-,63+,64+,65-/m1/s1. The van der Waals surface area contributed by atoms with Crippen LogP contribution in [0.4, 0.5) is 0 Å². The lowest BCUT2D eigenvalue weighted by molar-refractivity contribution is -0.394. The van der Waals surface area contributed by atoms with E-state index in [1.54, 1.807) is 0 Å². The Balaban J connectivity index is 0.828.